The van der Waals surface area contributed by atoms with Crippen molar-refractivity contribution < 1.29 is 0 Å². The van der Waals surface area contributed by atoms with E-state index in [9.17, 15) is 0 Å². The van der Waals surface area contributed by atoms with Gasteiger partial charge in [-0.25, -0.2) is 0 Å². The monoisotopic (exact) mass is 718 g/mol. The van der Waals surface area contributed by atoms with Crippen LogP contribution < -0.4 is 26.2 Å². The van der Waals surface area contributed by atoms with Crippen LogP contribution in [0.2, 0.25) is 0 Å². The Bertz CT molecular complexity index is 2800. The van der Waals surface area contributed by atoms with E-state index >= 15 is 0 Å². The van der Waals surface area contributed by atoms with E-state index in [4.69, 9.17) is 0 Å². The zero-order valence-electron chi connectivity index (χ0n) is 32.6. The van der Waals surface area contributed by atoms with E-state index in [0.717, 1.165) is 5.69 Å². The van der Waals surface area contributed by atoms with E-state index in [1.54, 1.807) is 0 Å². The summed E-state index contributed by atoms with van der Waals surface area (Å²) in [6, 6.07) is 63.8. The number of aryl methyl sites for hydroxylation is 5. The first-order valence-electron chi connectivity index (χ1n) is 19.7. The molecule has 2 nitrogen and oxygen atoms in total. The summed E-state index contributed by atoms with van der Waals surface area (Å²) in [4.78, 5) is 5.08. The smallest absolute Gasteiger partial charge is 0.252 e. The Balaban J connectivity index is 1.32. The van der Waals surface area contributed by atoms with Crippen LogP contribution in [0, 0.1) is 34.6 Å². The first kappa shape index (κ1) is 34.0. The Morgan fingerprint density at radius 1 is 0.321 bits per heavy atom. The number of hydrogen-bond donors (Lipinski definition) is 0. The molecule has 0 N–H and O–H groups in total. The summed E-state index contributed by atoms with van der Waals surface area (Å²) in [7, 11) is 0. The van der Waals surface area contributed by atoms with E-state index < -0.39 is 0 Å². The van der Waals surface area contributed by atoms with Crippen molar-refractivity contribution in [1.29, 1.82) is 0 Å². The largest absolute Gasteiger partial charge is 0.311 e. The van der Waals surface area contributed by atoms with Crippen LogP contribution in [0.1, 0.15) is 27.8 Å². The first-order valence-corrected chi connectivity index (χ1v) is 19.7. The molecule has 0 spiro atoms. The number of fused-ring (bicyclic) bond motifs is 4. The summed E-state index contributed by atoms with van der Waals surface area (Å²) >= 11 is 0. The van der Waals surface area contributed by atoms with Crippen LogP contribution in [0.4, 0.5) is 34.1 Å². The summed E-state index contributed by atoms with van der Waals surface area (Å²) in [5, 5.41) is 0. The number of nitrogens with zero attached hydrogens (tertiary/aromatic N) is 2. The van der Waals surface area contributed by atoms with Crippen LogP contribution in [0.3, 0.4) is 0 Å². The molecule has 0 fully saturated rings. The SMILES string of the molecule is Cc1ccc(-c2cc(C)ccc2N2c3ccc(C)cc3B3c4cc(C)ccc4N(c4ccc(C)cc4)c4cc(-c5cccc(-c6ccccc6)c5)cc2c43)cc1. The highest BCUT2D eigenvalue weighted by Gasteiger charge is 2.44. The fraction of sp³-hybridized carbons (Fsp3) is 0.0943. The number of benzene rings is 8. The molecule has 0 bridgehead atoms. The van der Waals surface area contributed by atoms with Gasteiger partial charge in [0, 0.05) is 34.0 Å². The van der Waals surface area contributed by atoms with Gasteiger partial charge in [-0.15, -0.1) is 0 Å². The van der Waals surface area contributed by atoms with Crippen LogP contribution in [0.25, 0.3) is 33.4 Å². The van der Waals surface area contributed by atoms with Gasteiger partial charge in [0.2, 0.25) is 0 Å². The van der Waals surface area contributed by atoms with Gasteiger partial charge in [0.25, 0.3) is 6.71 Å². The molecule has 0 saturated carbocycles. The molecule has 0 saturated heterocycles. The number of rotatable bonds is 5. The molecule has 0 unspecified atom stereocenters. The van der Waals surface area contributed by atoms with Crippen molar-refractivity contribution in [1.82, 2.24) is 0 Å². The van der Waals surface area contributed by atoms with Gasteiger partial charge in [-0.3, -0.25) is 0 Å². The second-order valence-corrected chi connectivity index (χ2v) is 15.8. The van der Waals surface area contributed by atoms with Crippen LogP contribution in [-0.4, -0.2) is 6.71 Å². The van der Waals surface area contributed by atoms with Gasteiger partial charge in [0.05, 0.1) is 5.69 Å². The van der Waals surface area contributed by atoms with Crippen LogP contribution >= 0.6 is 0 Å². The predicted molar refractivity (Wildman–Crippen MR) is 240 cm³/mol. The maximum absolute atomic E-state index is 2.57. The van der Waals surface area contributed by atoms with Gasteiger partial charge >= 0.3 is 0 Å². The highest BCUT2D eigenvalue weighted by molar-refractivity contribution is 7.00. The summed E-state index contributed by atoms with van der Waals surface area (Å²) in [5.74, 6) is 0. The average molecular weight is 719 g/mol. The van der Waals surface area contributed by atoms with Crippen molar-refractivity contribution >= 4 is 57.2 Å². The summed E-state index contributed by atoms with van der Waals surface area (Å²) in [5.41, 5.74) is 24.8. The second-order valence-electron chi connectivity index (χ2n) is 15.8. The Kier molecular flexibility index (Phi) is 8.08. The van der Waals surface area contributed by atoms with Crippen molar-refractivity contribution in [3.63, 3.8) is 0 Å². The van der Waals surface area contributed by atoms with Gasteiger partial charge in [0.1, 0.15) is 0 Å². The lowest BCUT2D eigenvalue weighted by molar-refractivity contribution is 1.24. The topological polar surface area (TPSA) is 6.48 Å². The summed E-state index contributed by atoms with van der Waals surface area (Å²) < 4.78 is 0. The minimum Gasteiger partial charge on any atom is -0.311 e. The van der Waals surface area contributed by atoms with Gasteiger partial charge in [-0.2, -0.15) is 0 Å². The zero-order valence-corrected chi connectivity index (χ0v) is 32.6. The van der Waals surface area contributed by atoms with E-state index in [-0.39, 0.29) is 6.71 Å². The zero-order chi connectivity index (χ0) is 38.1. The molecule has 0 amide bonds. The van der Waals surface area contributed by atoms with Crippen LogP contribution in [0.5, 0.6) is 0 Å². The molecule has 8 aromatic rings. The van der Waals surface area contributed by atoms with Gasteiger partial charge in [0.15, 0.2) is 0 Å². The highest BCUT2D eigenvalue weighted by atomic mass is 15.2. The van der Waals surface area contributed by atoms with Crippen molar-refractivity contribution in [3.05, 3.63) is 198 Å². The number of hydrogen-bond acceptors (Lipinski definition) is 2. The molecule has 56 heavy (non-hydrogen) atoms. The Morgan fingerprint density at radius 2 is 0.821 bits per heavy atom. The molecular formula is C53H43BN2. The fourth-order valence-corrected chi connectivity index (χ4v) is 8.96. The number of anilines is 6. The first-order chi connectivity index (χ1) is 27.3. The molecule has 0 aromatic heterocycles. The van der Waals surface area contributed by atoms with Crippen molar-refractivity contribution in [2.75, 3.05) is 9.80 Å². The van der Waals surface area contributed by atoms with Crippen molar-refractivity contribution in [3.8, 4) is 33.4 Å². The van der Waals surface area contributed by atoms with Crippen LogP contribution in [-0.2, 0) is 0 Å². The summed E-state index contributed by atoms with van der Waals surface area (Å²) in [6.45, 7) is 11.0. The minimum absolute atomic E-state index is 0.0562. The summed E-state index contributed by atoms with van der Waals surface area (Å²) in [6.07, 6.45) is 0. The Labute approximate surface area is 331 Å². The standard InChI is InChI=1S/C53H43BN2/c1-34-14-21-40(22-15-34)45-28-36(3)18-25-48(45)56-50-27-20-38(5)30-47(50)54-46-29-37(4)19-26-49(46)55(44-23-16-35(2)17-24-44)51-32-43(33-52(56)53(51)54)42-13-9-12-41(31-42)39-10-7-6-8-11-39/h6-33H,1-5H3. The molecular weight excluding hydrogens is 675 g/mol. The third-order valence-electron chi connectivity index (χ3n) is 11.7. The van der Waals surface area contributed by atoms with Gasteiger partial charge < -0.3 is 9.80 Å². The molecule has 2 heterocycles. The molecule has 0 atom stereocenters. The average Bonchev–Trinajstić information content (AvgIpc) is 3.22. The van der Waals surface area contributed by atoms with E-state index in [2.05, 4.69) is 214 Å². The molecule has 8 aromatic carbocycles. The molecule has 0 radical (unpaired) electrons. The van der Waals surface area contributed by atoms with Gasteiger partial charge in [-0.05, 0) is 133 Å². The Hall–Kier alpha value is -6.58. The lowest BCUT2D eigenvalue weighted by Crippen LogP contribution is -2.61. The minimum atomic E-state index is 0.0562. The lowest BCUT2D eigenvalue weighted by Gasteiger charge is -2.45. The van der Waals surface area contributed by atoms with Crippen molar-refractivity contribution in [2.24, 2.45) is 0 Å². The molecule has 2 aliphatic heterocycles. The third kappa shape index (κ3) is 5.66. The lowest BCUT2D eigenvalue weighted by atomic mass is 9.33. The molecule has 2 aliphatic rings. The normalized spacial score (nSPS) is 12.6. The third-order valence-corrected chi connectivity index (χ3v) is 11.7. The molecule has 3 heteroatoms. The second kappa shape index (κ2) is 13.3. The van der Waals surface area contributed by atoms with Crippen molar-refractivity contribution in [2.45, 2.75) is 34.6 Å². The maximum atomic E-state index is 2.57. The van der Waals surface area contributed by atoms with E-state index in [1.807, 2.05) is 0 Å². The van der Waals surface area contributed by atoms with Crippen LogP contribution in [0.15, 0.2) is 170 Å². The quantitative estimate of drug-likeness (QED) is 0.164. The molecule has 268 valence electrons. The fourth-order valence-electron chi connectivity index (χ4n) is 8.96. The highest BCUT2D eigenvalue weighted by Crippen LogP contribution is 2.48. The van der Waals surface area contributed by atoms with Gasteiger partial charge in [-0.1, -0.05) is 143 Å². The molecule has 0 aliphatic carbocycles. The Morgan fingerprint density at radius 3 is 1.46 bits per heavy atom. The van der Waals surface area contributed by atoms with E-state index in [0.29, 0.717) is 0 Å². The maximum Gasteiger partial charge on any atom is 0.252 e. The van der Waals surface area contributed by atoms with E-state index in [1.165, 1.54) is 106 Å². The molecule has 10 rings (SSSR count). The predicted octanol–water partition coefficient (Wildman–Crippen LogP) is 12.3.